The second-order valence-electron chi connectivity index (χ2n) is 8.68. The topological polar surface area (TPSA) is 58.9 Å². The van der Waals surface area contributed by atoms with Crippen molar-refractivity contribution in [1.82, 2.24) is 0 Å². The largest absolute Gasteiger partial charge is 0.490 e. The van der Waals surface area contributed by atoms with Gasteiger partial charge in [-0.15, -0.1) is 0 Å². The molecule has 5 atom stereocenters. The van der Waals surface area contributed by atoms with Crippen LogP contribution in [0.4, 0.5) is 0 Å². The number of rotatable bonds is 4. The van der Waals surface area contributed by atoms with Crippen LogP contribution in [0.25, 0.3) is 0 Å². The van der Waals surface area contributed by atoms with Gasteiger partial charge in [-0.25, -0.2) is 0 Å². The summed E-state index contributed by atoms with van der Waals surface area (Å²) in [6.07, 6.45) is 5.69. The fourth-order valence-electron chi connectivity index (χ4n) is 5.01. The highest BCUT2D eigenvalue weighted by molar-refractivity contribution is 5.55. The molecule has 2 aliphatic heterocycles. The minimum absolute atomic E-state index is 0.00376. The van der Waals surface area contributed by atoms with Crippen molar-refractivity contribution in [3.8, 4) is 11.5 Å². The Labute approximate surface area is 150 Å². The average molecular weight is 346 g/mol. The van der Waals surface area contributed by atoms with Crippen LogP contribution in [-0.4, -0.2) is 34.1 Å². The molecule has 4 heteroatoms. The third kappa shape index (κ3) is 2.74. The molecule has 0 spiro atoms. The Morgan fingerprint density at radius 2 is 1.88 bits per heavy atom. The van der Waals surface area contributed by atoms with E-state index >= 15 is 0 Å². The van der Waals surface area contributed by atoms with E-state index in [1.807, 2.05) is 13.8 Å². The number of aryl methyl sites for hydroxylation is 1. The van der Waals surface area contributed by atoms with Crippen molar-refractivity contribution >= 4 is 0 Å². The lowest BCUT2D eigenvalue weighted by atomic mass is 9.63. The highest BCUT2D eigenvalue weighted by Crippen LogP contribution is 2.58. The monoisotopic (exact) mass is 346 g/mol. The Hall–Kier alpha value is -1.26. The minimum Gasteiger partial charge on any atom is -0.490 e. The molecule has 2 heterocycles. The predicted octanol–water partition coefficient (Wildman–Crippen LogP) is 3.57. The molecule has 0 aromatic heterocycles. The Morgan fingerprint density at radius 3 is 2.64 bits per heavy atom. The van der Waals surface area contributed by atoms with Crippen LogP contribution in [0.1, 0.15) is 69.9 Å². The molecule has 0 radical (unpaired) electrons. The van der Waals surface area contributed by atoms with Crippen LogP contribution >= 0.6 is 0 Å². The van der Waals surface area contributed by atoms with E-state index in [9.17, 15) is 10.2 Å². The summed E-state index contributed by atoms with van der Waals surface area (Å²) in [6, 6.07) is 4.26. The van der Waals surface area contributed by atoms with Crippen LogP contribution in [0, 0.1) is 5.92 Å². The first kappa shape index (κ1) is 17.2. The fourth-order valence-corrected chi connectivity index (χ4v) is 5.01. The van der Waals surface area contributed by atoms with E-state index in [2.05, 4.69) is 19.1 Å². The summed E-state index contributed by atoms with van der Waals surface area (Å²) in [5.41, 5.74) is 0.497. The van der Waals surface area contributed by atoms with E-state index in [1.165, 1.54) is 18.4 Å². The molecule has 1 fully saturated rings. The summed E-state index contributed by atoms with van der Waals surface area (Å²) in [6.45, 7) is 6.23. The third-order valence-electron chi connectivity index (χ3n) is 6.47. The molecule has 0 saturated heterocycles. The molecule has 1 aromatic carbocycles. The van der Waals surface area contributed by atoms with Gasteiger partial charge in [-0.2, -0.15) is 0 Å². The Kier molecular flexibility index (Phi) is 4.04. The molecule has 3 aliphatic rings. The van der Waals surface area contributed by atoms with Crippen molar-refractivity contribution in [1.29, 1.82) is 0 Å². The number of unbranched alkanes of at least 4 members (excludes halogenated alkanes) is 2. The summed E-state index contributed by atoms with van der Waals surface area (Å²) < 4.78 is 12.3. The van der Waals surface area contributed by atoms with Gasteiger partial charge in [0.25, 0.3) is 0 Å². The first-order valence-corrected chi connectivity index (χ1v) is 9.74. The molecule has 0 amide bonds. The predicted molar refractivity (Wildman–Crippen MR) is 96.3 cm³/mol. The summed E-state index contributed by atoms with van der Waals surface area (Å²) in [5.74, 6) is 1.74. The lowest BCUT2D eigenvalue weighted by molar-refractivity contribution is -0.128. The zero-order valence-corrected chi connectivity index (χ0v) is 15.5. The lowest BCUT2D eigenvalue weighted by Crippen LogP contribution is -2.55. The molecule has 1 aromatic rings. The number of ether oxygens (including phenoxy) is 2. The summed E-state index contributed by atoms with van der Waals surface area (Å²) in [4.78, 5) is 0. The van der Waals surface area contributed by atoms with E-state index in [0.717, 1.165) is 36.3 Å². The standard InChI is InChI=1S/C21H30O4/c1-4-5-6-7-13-10-15-18-16(11-13)25-19-17(18)14(8-9-20(19,2)22)21(3,23)12-24-15/h10-11,14,17,19,22-23H,4-9,12H2,1-3H3/t14-,17-,19+,20+,21-/m1/s1. The van der Waals surface area contributed by atoms with Crippen molar-refractivity contribution in [2.45, 2.75) is 82.5 Å². The van der Waals surface area contributed by atoms with Gasteiger partial charge in [-0.1, -0.05) is 19.8 Å². The molecule has 138 valence electrons. The Balaban J connectivity index is 1.76. The van der Waals surface area contributed by atoms with E-state index < -0.39 is 11.2 Å². The Morgan fingerprint density at radius 1 is 1.12 bits per heavy atom. The lowest BCUT2D eigenvalue weighted by Gasteiger charge is -2.45. The highest BCUT2D eigenvalue weighted by atomic mass is 16.5. The molecule has 1 saturated carbocycles. The van der Waals surface area contributed by atoms with Gasteiger partial charge in [-0.05, 0) is 57.2 Å². The van der Waals surface area contributed by atoms with Crippen molar-refractivity contribution < 1.29 is 19.7 Å². The van der Waals surface area contributed by atoms with Crippen molar-refractivity contribution in [2.75, 3.05) is 6.61 Å². The summed E-state index contributed by atoms with van der Waals surface area (Å²) in [7, 11) is 0. The quantitative estimate of drug-likeness (QED) is 0.819. The summed E-state index contributed by atoms with van der Waals surface area (Å²) >= 11 is 0. The summed E-state index contributed by atoms with van der Waals surface area (Å²) in [5, 5.41) is 21.9. The SMILES string of the molecule is CCCCCc1cc2c3c(c1)O[C@H]1[C@@H]3[C@@H](CC[C@]1(C)O)[C@](C)(O)CO2. The molecule has 2 N–H and O–H groups in total. The fraction of sp³-hybridized carbons (Fsp3) is 0.714. The molecular formula is C21H30O4. The van der Waals surface area contributed by atoms with Gasteiger partial charge in [0.2, 0.25) is 0 Å². The van der Waals surface area contributed by atoms with Crippen molar-refractivity contribution in [3.05, 3.63) is 23.3 Å². The minimum atomic E-state index is -0.911. The van der Waals surface area contributed by atoms with Crippen LogP contribution < -0.4 is 9.47 Å². The van der Waals surface area contributed by atoms with Crippen LogP contribution in [-0.2, 0) is 6.42 Å². The Bertz CT molecular complexity index is 664. The van der Waals surface area contributed by atoms with Crippen molar-refractivity contribution in [2.24, 2.45) is 5.92 Å². The normalized spacial score (nSPS) is 38.5. The maximum absolute atomic E-state index is 11.0. The van der Waals surface area contributed by atoms with Gasteiger partial charge in [0.1, 0.15) is 24.2 Å². The maximum atomic E-state index is 11.0. The smallest absolute Gasteiger partial charge is 0.134 e. The molecule has 1 aliphatic carbocycles. The highest BCUT2D eigenvalue weighted by Gasteiger charge is 2.58. The third-order valence-corrected chi connectivity index (χ3v) is 6.47. The number of hydrogen-bond acceptors (Lipinski definition) is 4. The molecular weight excluding hydrogens is 316 g/mol. The van der Waals surface area contributed by atoms with Crippen LogP contribution in [0.5, 0.6) is 11.5 Å². The second kappa shape index (κ2) is 5.88. The van der Waals surface area contributed by atoms with E-state index in [4.69, 9.17) is 9.47 Å². The molecule has 4 rings (SSSR count). The van der Waals surface area contributed by atoms with Gasteiger partial charge in [0.05, 0.1) is 11.2 Å². The zero-order chi connectivity index (χ0) is 17.8. The number of benzene rings is 1. The molecule has 0 unspecified atom stereocenters. The number of aliphatic hydroxyl groups is 2. The molecule has 0 bridgehead atoms. The van der Waals surface area contributed by atoms with Gasteiger partial charge in [-0.3, -0.25) is 0 Å². The van der Waals surface area contributed by atoms with Gasteiger partial charge in [0.15, 0.2) is 0 Å². The molecule has 4 nitrogen and oxygen atoms in total. The molecule has 25 heavy (non-hydrogen) atoms. The van der Waals surface area contributed by atoms with Crippen LogP contribution in [0.2, 0.25) is 0 Å². The van der Waals surface area contributed by atoms with E-state index in [-0.39, 0.29) is 17.9 Å². The van der Waals surface area contributed by atoms with E-state index in [1.54, 1.807) is 0 Å². The first-order chi connectivity index (χ1) is 11.8. The van der Waals surface area contributed by atoms with Gasteiger partial charge < -0.3 is 19.7 Å². The van der Waals surface area contributed by atoms with Gasteiger partial charge >= 0.3 is 0 Å². The second-order valence-corrected chi connectivity index (χ2v) is 8.68. The van der Waals surface area contributed by atoms with Gasteiger partial charge in [0, 0.05) is 17.4 Å². The number of hydrogen-bond donors (Lipinski definition) is 2. The first-order valence-electron chi connectivity index (χ1n) is 9.74. The van der Waals surface area contributed by atoms with E-state index in [0.29, 0.717) is 13.0 Å². The van der Waals surface area contributed by atoms with Crippen molar-refractivity contribution in [3.63, 3.8) is 0 Å². The average Bonchev–Trinajstić information content (AvgIpc) is 2.88. The van der Waals surface area contributed by atoms with Crippen LogP contribution in [0.3, 0.4) is 0 Å². The maximum Gasteiger partial charge on any atom is 0.134 e. The van der Waals surface area contributed by atoms with Crippen LogP contribution in [0.15, 0.2) is 12.1 Å². The zero-order valence-electron chi connectivity index (χ0n) is 15.5.